The second-order valence-corrected chi connectivity index (χ2v) is 5.78. The van der Waals surface area contributed by atoms with E-state index in [9.17, 15) is 13.9 Å². The summed E-state index contributed by atoms with van der Waals surface area (Å²) in [6.45, 7) is 0.740. The molecule has 1 aliphatic carbocycles. The van der Waals surface area contributed by atoms with Crippen molar-refractivity contribution in [2.75, 3.05) is 13.6 Å². The molecule has 0 spiro atoms. The standard InChI is InChI=1S/C16H23F2NO/c1-19(15-5-3-2-4-6-15)8-7-16(20)12-9-13(17)11-14(18)10-12/h9-11,15-16,20H,2-8H2,1H3. The predicted octanol–water partition coefficient (Wildman–Crippen LogP) is 3.65. The number of hydrogen-bond donors (Lipinski definition) is 1. The maximum absolute atomic E-state index is 13.1. The third kappa shape index (κ3) is 4.25. The Morgan fingerprint density at radius 1 is 1.15 bits per heavy atom. The lowest BCUT2D eigenvalue weighted by Crippen LogP contribution is -2.34. The smallest absolute Gasteiger partial charge is 0.126 e. The normalized spacial score (nSPS) is 18.4. The Balaban J connectivity index is 1.86. The fourth-order valence-electron chi connectivity index (χ4n) is 2.96. The third-order valence-corrected chi connectivity index (χ3v) is 4.22. The molecule has 2 rings (SSSR count). The maximum Gasteiger partial charge on any atom is 0.126 e. The Hall–Kier alpha value is -1.00. The van der Waals surface area contributed by atoms with E-state index in [0.717, 1.165) is 12.6 Å². The number of rotatable bonds is 5. The van der Waals surface area contributed by atoms with E-state index in [1.54, 1.807) is 0 Å². The van der Waals surface area contributed by atoms with Crippen LogP contribution in [0.25, 0.3) is 0 Å². The molecule has 1 aromatic carbocycles. The monoisotopic (exact) mass is 283 g/mol. The fourth-order valence-corrected chi connectivity index (χ4v) is 2.96. The first-order chi connectivity index (χ1) is 9.56. The van der Waals surface area contributed by atoms with Gasteiger partial charge in [0.15, 0.2) is 0 Å². The molecule has 1 saturated carbocycles. The van der Waals surface area contributed by atoms with Crippen molar-refractivity contribution < 1.29 is 13.9 Å². The Bertz CT molecular complexity index is 412. The topological polar surface area (TPSA) is 23.5 Å². The van der Waals surface area contributed by atoms with Crippen LogP contribution in [0.4, 0.5) is 8.78 Å². The second-order valence-electron chi connectivity index (χ2n) is 5.78. The van der Waals surface area contributed by atoms with Gasteiger partial charge in [0.05, 0.1) is 6.10 Å². The zero-order valence-electron chi connectivity index (χ0n) is 12.0. The number of hydrogen-bond acceptors (Lipinski definition) is 2. The molecule has 1 aliphatic rings. The van der Waals surface area contributed by atoms with Crippen LogP contribution in [-0.2, 0) is 0 Å². The van der Waals surface area contributed by atoms with E-state index in [-0.39, 0.29) is 0 Å². The highest BCUT2D eigenvalue weighted by molar-refractivity contribution is 5.20. The van der Waals surface area contributed by atoms with Crippen LogP contribution in [-0.4, -0.2) is 29.6 Å². The molecule has 0 amide bonds. The van der Waals surface area contributed by atoms with Gasteiger partial charge in [-0.1, -0.05) is 19.3 Å². The van der Waals surface area contributed by atoms with Gasteiger partial charge in [-0.25, -0.2) is 8.78 Å². The molecule has 112 valence electrons. The van der Waals surface area contributed by atoms with Crippen molar-refractivity contribution in [2.45, 2.75) is 50.7 Å². The van der Waals surface area contributed by atoms with Crippen molar-refractivity contribution in [3.05, 3.63) is 35.4 Å². The van der Waals surface area contributed by atoms with Crippen molar-refractivity contribution in [1.29, 1.82) is 0 Å². The molecule has 0 heterocycles. The Morgan fingerprint density at radius 2 is 1.75 bits per heavy atom. The van der Waals surface area contributed by atoms with E-state index in [2.05, 4.69) is 11.9 Å². The first kappa shape index (κ1) is 15.4. The van der Waals surface area contributed by atoms with E-state index in [1.165, 1.54) is 44.2 Å². The van der Waals surface area contributed by atoms with Crippen LogP contribution in [0.5, 0.6) is 0 Å². The van der Waals surface area contributed by atoms with Crippen molar-refractivity contribution in [1.82, 2.24) is 4.90 Å². The highest BCUT2D eigenvalue weighted by Crippen LogP contribution is 2.24. The van der Waals surface area contributed by atoms with Crippen molar-refractivity contribution in [3.8, 4) is 0 Å². The largest absolute Gasteiger partial charge is 0.388 e. The zero-order chi connectivity index (χ0) is 14.5. The van der Waals surface area contributed by atoms with Gasteiger partial charge in [0.1, 0.15) is 11.6 Å². The third-order valence-electron chi connectivity index (χ3n) is 4.22. The SMILES string of the molecule is CN(CCC(O)c1cc(F)cc(F)c1)C1CCCCC1. The molecule has 0 aromatic heterocycles. The molecule has 1 fully saturated rings. The molecule has 1 aromatic rings. The van der Waals surface area contributed by atoms with Gasteiger partial charge in [0.2, 0.25) is 0 Å². The minimum atomic E-state index is -0.814. The van der Waals surface area contributed by atoms with Crippen LogP contribution < -0.4 is 0 Å². The summed E-state index contributed by atoms with van der Waals surface area (Å²) < 4.78 is 26.2. The van der Waals surface area contributed by atoms with Gasteiger partial charge in [-0.05, 0) is 44.0 Å². The lowest BCUT2D eigenvalue weighted by Gasteiger charge is -2.31. The summed E-state index contributed by atoms with van der Waals surface area (Å²) in [6, 6.07) is 3.81. The number of nitrogens with zero attached hydrogens (tertiary/aromatic N) is 1. The van der Waals surface area contributed by atoms with Gasteiger partial charge in [-0.15, -0.1) is 0 Å². The maximum atomic E-state index is 13.1. The molecule has 1 unspecified atom stereocenters. The number of aliphatic hydroxyl groups excluding tert-OH is 1. The van der Waals surface area contributed by atoms with Gasteiger partial charge >= 0.3 is 0 Å². The second kappa shape index (κ2) is 7.14. The molecule has 0 aliphatic heterocycles. The summed E-state index contributed by atoms with van der Waals surface area (Å²) in [5.41, 5.74) is 0.319. The van der Waals surface area contributed by atoms with Crippen molar-refractivity contribution >= 4 is 0 Å². The van der Waals surface area contributed by atoms with E-state index in [0.29, 0.717) is 18.0 Å². The van der Waals surface area contributed by atoms with Gasteiger partial charge < -0.3 is 10.0 Å². The van der Waals surface area contributed by atoms with Crippen molar-refractivity contribution in [2.24, 2.45) is 0 Å². The highest BCUT2D eigenvalue weighted by atomic mass is 19.1. The zero-order valence-corrected chi connectivity index (χ0v) is 12.0. The minimum absolute atomic E-state index is 0.319. The van der Waals surface area contributed by atoms with Crippen LogP contribution in [0, 0.1) is 11.6 Å². The molecule has 4 heteroatoms. The number of benzene rings is 1. The minimum Gasteiger partial charge on any atom is -0.388 e. The van der Waals surface area contributed by atoms with Gasteiger partial charge in [-0.2, -0.15) is 0 Å². The molecule has 2 nitrogen and oxygen atoms in total. The molecule has 20 heavy (non-hydrogen) atoms. The lowest BCUT2D eigenvalue weighted by atomic mass is 9.94. The molecule has 1 N–H and O–H groups in total. The van der Waals surface area contributed by atoms with Crippen LogP contribution in [0.2, 0.25) is 0 Å². The van der Waals surface area contributed by atoms with E-state index >= 15 is 0 Å². The molecule has 0 bridgehead atoms. The molecule has 1 atom stereocenters. The molecule has 0 radical (unpaired) electrons. The van der Waals surface area contributed by atoms with Gasteiger partial charge in [0, 0.05) is 18.7 Å². The summed E-state index contributed by atoms with van der Waals surface area (Å²) in [5.74, 6) is -1.28. The van der Waals surface area contributed by atoms with Crippen LogP contribution in [0.15, 0.2) is 18.2 Å². The molecular weight excluding hydrogens is 260 g/mol. The Labute approximate surface area is 119 Å². The average molecular weight is 283 g/mol. The number of aliphatic hydroxyl groups is 1. The predicted molar refractivity (Wildman–Crippen MR) is 75.4 cm³/mol. The molecule has 0 saturated heterocycles. The summed E-state index contributed by atoms with van der Waals surface area (Å²) in [7, 11) is 2.06. The molecular formula is C16H23F2NO. The van der Waals surface area contributed by atoms with Crippen LogP contribution in [0.3, 0.4) is 0 Å². The van der Waals surface area contributed by atoms with Gasteiger partial charge in [0.25, 0.3) is 0 Å². The first-order valence-corrected chi connectivity index (χ1v) is 7.40. The first-order valence-electron chi connectivity index (χ1n) is 7.40. The fraction of sp³-hybridized carbons (Fsp3) is 0.625. The Kier molecular flexibility index (Phi) is 5.49. The van der Waals surface area contributed by atoms with Crippen LogP contribution >= 0.6 is 0 Å². The van der Waals surface area contributed by atoms with E-state index in [1.807, 2.05) is 0 Å². The van der Waals surface area contributed by atoms with E-state index < -0.39 is 17.7 Å². The van der Waals surface area contributed by atoms with Crippen LogP contribution in [0.1, 0.15) is 50.2 Å². The van der Waals surface area contributed by atoms with Crippen molar-refractivity contribution in [3.63, 3.8) is 0 Å². The average Bonchev–Trinajstić information content (AvgIpc) is 2.44. The summed E-state index contributed by atoms with van der Waals surface area (Å²) >= 11 is 0. The Morgan fingerprint density at radius 3 is 2.35 bits per heavy atom. The quantitative estimate of drug-likeness (QED) is 0.891. The lowest BCUT2D eigenvalue weighted by molar-refractivity contribution is 0.125. The summed E-state index contributed by atoms with van der Waals surface area (Å²) in [4.78, 5) is 2.26. The summed E-state index contributed by atoms with van der Waals surface area (Å²) in [5, 5.41) is 10.1. The van der Waals surface area contributed by atoms with Gasteiger partial charge in [-0.3, -0.25) is 0 Å². The number of halogens is 2. The highest BCUT2D eigenvalue weighted by Gasteiger charge is 2.19. The summed E-state index contributed by atoms with van der Waals surface area (Å²) in [6.07, 6.45) is 5.96. The van der Waals surface area contributed by atoms with E-state index in [4.69, 9.17) is 0 Å².